The monoisotopic (exact) mass is 433 g/mol. The molecule has 32 heavy (non-hydrogen) atoms. The fraction of sp³-hybridized carbons (Fsp3) is 0.120. The standard InChI is InChI=1S/C25H21F2N3O2/c26-21-10-4-8-19(12-21)15-30-16-23(24(31)28-14-18-6-2-1-3-7-18)25(29-30)32-17-20-9-5-11-22(27)13-20/h1-13,16H,14-15,17H2,(H,28,31). The Morgan fingerprint density at radius 1 is 0.875 bits per heavy atom. The third-order valence-electron chi connectivity index (χ3n) is 4.77. The Kier molecular flexibility index (Phi) is 6.55. The molecule has 0 saturated heterocycles. The van der Waals surface area contributed by atoms with E-state index in [0.717, 1.165) is 5.56 Å². The van der Waals surface area contributed by atoms with Crippen molar-refractivity contribution in [2.45, 2.75) is 19.7 Å². The Bertz CT molecular complexity index is 1210. The van der Waals surface area contributed by atoms with Crippen LogP contribution in [0.3, 0.4) is 0 Å². The summed E-state index contributed by atoms with van der Waals surface area (Å²) in [5, 5.41) is 7.22. The summed E-state index contributed by atoms with van der Waals surface area (Å²) in [5.74, 6) is -0.952. The maximum atomic E-state index is 13.5. The highest BCUT2D eigenvalue weighted by Crippen LogP contribution is 2.19. The van der Waals surface area contributed by atoms with E-state index in [1.54, 1.807) is 30.5 Å². The van der Waals surface area contributed by atoms with Gasteiger partial charge in [0.1, 0.15) is 23.8 Å². The van der Waals surface area contributed by atoms with Gasteiger partial charge in [0.25, 0.3) is 5.91 Å². The van der Waals surface area contributed by atoms with E-state index in [4.69, 9.17) is 4.74 Å². The molecule has 5 nitrogen and oxygen atoms in total. The van der Waals surface area contributed by atoms with Crippen LogP contribution in [-0.2, 0) is 19.7 Å². The molecule has 0 saturated carbocycles. The molecule has 0 aliphatic rings. The highest BCUT2D eigenvalue weighted by atomic mass is 19.1. The number of halogens is 2. The quantitative estimate of drug-likeness (QED) is 0.438. The van der Waals surface area contributed by atoms with E-state index in [1.165, 1.54) is 28.9 Å². The van der Waals surface area contributed by atoms with Gasteiger partial charge in [-0.2, -0.15) is 0 Å². The molecule has 0 aliphatic carbocycles. The van der Waals surface area contributed by atoms with Gasteiger partial charge in [0.15, 0.2) is 0 Å². The van der Waals surface area contributed by atoms with Crippen molar-refractivity contribution in [1.82, 2.24) is 15.1 Å². The smallest absolute Gasteiger partial charge is 0.258 e. The lowest BCUT2D eigenvalue weighted by Gasteiger charge is -2.07. The van der Waals surface area contributed by atoms with Crippen molar-refractivity contribution in [2.24, 2.45) is 0 Å². The Hall–Kier alpha value is -4.00. The number of carbonyl (C=O) groups is 1. The highest BCUT2D eigenvalue weighted by Gasteiger charge is 2.18. The average Bonchev–Trinajstić information content (AvgIpc) is 3.19. The Morgan fingerprint density at radius 3 is 2.25 bits per heavy atom. The van der Waals surface area contributed by atoms with Crippen LogP contribution in [0, 0.1) is 11.6 Å². The van der Waals surface area contributed by atoms with Crippen molar-refractivity contribution >= 4 is 5.91 Å². The Balaban J connectivity index is 1.53. The van der Waals surface area contributed by atoms with E-state index in [1.807, 2.05) is 30.3 Å². The Morgan fingerprint density at radius 2 is 1.53 bits per heavy atom. The normalized spacial score (nSPS) is 10.7. The first-order valence-electron chi connectivity index (χ1n) is 10.1. The van der Waals surface area contributed by atoms with Gasteiger partial charge in [-0.1, -0.05) is 54.6 Å². The van der Waals surface area contributed by atoms with Gasteiger partial charge in [0.2, 0.25) is 5.88 Å². The minimum absolute atomic E-state index is 0.0493. The van der Waals surface area contributed by atoms with Crippen LogP contribution in [0.1, 0.15) is 27.0 Å². The van der Waals surface area contributed by atoms with Gasteiger partial charge in [-0.15, -0.1) is 5.10 Å². The van der Waals surface area contributed by atoms with Gasteiger partial charge in [-0.3, -0.25) is 9.48 Å². The van der Waals surface area contributed by atoms with Crippen LogP contribution in [0.5, 0.6) is 5.88 Å². The number of ether oxygens (including phenoxy) is 1. The number of nitrogens with zero attached hydrogens (tertiary/aromatic N) is 2. The van der Waals surface area contributed by atoms with Crippen LogP contribution in [0.15, 0.2) is 85.1 Å². The molecule has 3 aromatic carbocycles. The molecule has 0 atom stereocenters. The fourth-order valence-corrected chi connectivity index (χ4v) is 3.22. The maximum absolute atomic E-state index is 13.5. The second-order valence-corrected chi connectivity index (χ2v) is 7.26. The number of amides is 1. The minimum Gasteiger partial charge on any atom is -0.471 e. The SMILES string of the molecule is O=C(NCc1ccccc1)c1cn(Cc2cccc(F)c2)nc1OCc1cccc(F)c1. The first-order chi connectivity index (χ1) is 15.6. The summed E-state index contributed by atoms with van der Waals surface area (Å²) < 4.78 is 34.3. The molecule has 1 aromatic heterocycles. The molecule has 1 heterocycles. The molecular weight excluding hydrogens is 412 g/mol. The zero-order chi connectivity index (χ0) is 22.3. The van der Waals surface area contributed by atoms with Crippen LogP contribution >= 0.6 is 0 Å². The number of benzene rings is 3. The molecule has 4 aromatic rings. The zero-order valence-electron chi connectivity index (χ0n) is 17.2. The fourth-order valence-electron chi connectivity index (χ4n) is 3.22. The van der Waals surface area contributed by atoms with Gasteiger partial charge in [0, 0.05) is 12.7 Å². The van der Waals surface area contributed by atoms with Crippen LogP contribution in [0.4, 0.5) is 8.78 Å². The Labute approximate surface area is 184 Å². The second-order valence-electron chi connectivity index (χ2n) is 7.26. The average molecular weight is 433 g/mol. The van der Waals surface area contributed by atoms with Crippen LogP contribution < -0.4 is 10.1 Å². The number of rotatable bonds is 8. The number of hydrogen-bond acceptors (Lipinski definition) is 3. The van der Waals surface area contributed by atoms with E-state index in [-0.39, 0.29) is 42.1 Å². The number of hydrogen-bond donors (Lipinski definition) is 1. The molecule has 1 N–H and O–H groups in total. The summed E-state index contributed by atoms with van der Waals surface area (Å²) in [4.78, 5) is 12.9. The van der Waals surface area contributed by atoms with Crippen molar-refractivity contribution in [3.05, 3.63) is 119 Å². The summed E-state index contributed by atoms with van der Waals surface area (Å²) >= 11 is 0. The van der Waals surface area contributed by atoms with Crippen LogP contribution in [-0.4, -0.2) is 15.7 Å². The lowest BCUT2D eigenvalue weighted by atomic mass is 10.2. The van der Waals surface area contributed by atoms with E-state index in [2.05, 4.69) is 10.4 Å². The maximum Gasteiger partial charge on any atom is 0.258 e. The first-order valence-corrected chi connectivity index (χ1v) is 10.1. The molecule has 7 heteroatoms. The summed E-state index contributed by atoms with van der Waals surface area (Å²) in [6, 6.07) is 21.7. The van der Waals surface area contributed by atoms with Gasteiger partial charge >= 0.3 is 0 Å². The lowest BCUT2D eigenvalue weighted by molar-refractivity contribution is 0.0946. The van der Waals surface area contributed by atoms with Gasteiger partial charge < -0.3 is 10.1 Å². The topological polar surface area (TPSA) is 56.2 Å². The summed E-state index contributed by atoms with van der Waals surface area (Å²) in [5.41, 5.74) is 2.50. The zero-order valence-corrected chi connectivity index (χ0v) is 17.2. The summed E-state index contributed by atoms with van der Waals surface area (Å²) in [6.45, 7) is 0.659. The molecule has 0 unspecified atom stereocenters. The predicted molar refractivity (Wildman–Crippen MR) is 116 cm³/mol. The molecule has 162 valence electrons. The molecular formula is C25H21F2N3O2. The molecule has 0 aliphatic heterocycles. The summed E-state index contributed by atoms with van der Waals surface area (Å²) in [7, 11) is 0. The third kappa shape index (κ3) is 5.57. The molecule has 0 fully saturated rings. The molecule has 0 radical (unpaired) electrons. The second kappa shape index (κ2) is 9.87. The predicted octanol–water partition coefficient (Wildman–Crippen LogP) is 4.72. The minimum atomic E-state index is -0.372. The number of carbonyl (C=O) groups excluding carboxylic acids is 1. The van der Waals surface area contributed by atoms with Crippen molar-refractivity contribution in [1.29, 1.82) is 0 Å². The van der Waals surface area contributed by atoms with Crippen LogP contribution in [0.25, 0.3) is 0 Å². The molecule has 4 rings (SSSR count). The largest absolute Gasteiger partial charge is 0.471 e. The van der Waals surface area contributed by atoms with E-state index in [9.17, 15) is 13.6 Å². The number of aromatic nitrogens is 2. The number of nitrogens with one attached hydrogen (secondary N) is 1. The molecule has 1 amide bonds. The van der Waals surface area contributed by atoms with Crippen molar-refractivity contribution in [2.75, 3.05) is 0 Å². The van der Waals surface area contributed by atoms with E-state index < -0.39 is 0 Å². The van der Waals surface area contributed by atoms with Gasteiger partial charge in [-0.05, 0) is 41.0 Å². The van der Waals surface area contributed by atoms with Crippen molar-refractivity contribution in [3.63, 3.8) is 0 Å². The van der Waals surface area contributed by atoms with Crippen molar-refractivity contribution in [3.8, 4) is 5.88 Å². The van der Waals surface area contributed by atoms with E-state index in [0.29, 0.717) is 17.7 Å². The summed E-state index contributed by atoms with van der Waals surface area (Å²) in [6.07, 6.45) is 1.56. The van der Waals surface area contributed by atoms with Crippen LogP contribution in [0.2, 0.25) is 0 Å². The molecule has 0 spiro atoms. The van der Waals surface area contributed by atoms with Gasteiger partial charge in [-0.25, -0.2) is 8.78 Å². The van der Waals surface area contributed by atoms with E-state index >= 15 is 0 Å². The third-order valence-corrected chi connectivity index (χ3v) is 4.77. The lowest BCUT2D eigenvalue weighted by Crippen LogP contribution is -2.23. The van der Waals surface area contributed by atoms with Crippen molar-refractivity contribution < 1.29 is 18.3 Å². The highest BCUT2D eigenvalue weighted by molar-refractivity contribution is 5.96. The molecule has 0 bridgehead atoms. The van der Waals surface area contributed by atoms with Gasteiger partial charge in [0.05, 0.1) is 6.54 Å². The first kappa shape index (κ1) is 21.2.